The number of benzene rings is 2. The van der Waals surface area contributed by atoms with Crippen molar-refractivity contribution < 1.29 is 9.84 Å². The first-order valence-corrected chi connectivity index (χ1v) is 8.97. The van der Waals surface area contributed by atoms with E-state index in [1.54, 1.807) is 32.4 Å². The maximum absolute atomic E-state index is 10.0. The van der Waals surface area contributed by atoms with Crippen LogP contribution in [0.4, 0.5) is 0 Å². The van der Waals surface area contributed by atoms with Gasteiger partial charge in [-0.3, -0.25) is 4.99 Å². The summed E-state index contributed by atoms with van der Waals surface area (Å²) in [5.74, 6) is 1.64. The fourth-order valence-corrected chi connectivity index (χ4v) is 2.90. The Hall–Kier alpha value is -3.48. The van der Waals surface area contributed by atoms with Crippen molar-refractivity contribution in [1.82, 2.24) is 20.0 Å². The average molecular weight is 379 g/mol. The number of phenolic OH excluding ortho intramolecular Hbond substituents is 1. The number of methoxy groups -OCH3 is 1. The summed E-state index contributed by atoms with van der Waals surface area (Å²) in [6.45, 7) is 1.08. The first-order chi connectivity index (χ1) is 13.6. The Morgan fingerprint density at radius 1 is 1.25 bits per heavy atom. The van der Waals surface area contributed by atoms with E-state index in [1.165, 1.54) is 0 Å². The molecule has 0 atom stereocenters. The molecule has 0 aliphatic heterocycles. The van der Waals surface area contributed by atoms with Crippen molar-refractivity contribution in [3.05, 3.63) is 72.1 Å². The Labute approximate surface area is 164 Å². The minimum Gasteiger partial charge on any atom is -0.508 e. The van der Waals surface area contributed by atoms with Crippen LogP contribution < -0.4 is 10.1 Å². The molecule has 0 aliphatic rings. The van der Waals surface area contributed by atoms with Gasteiger partial charge < -0.3 is 20.1 Å². The first-order valence-electron chi connectivity index (χ1n) is 8.97. The summed E-state index contributed by atoms with van der Waals surface area (Å²) in [6.07, 6.45) is 3.86. The molecule has 3 rings (SSSR count). The number of phenols is 1. The fourth-order valence-electron chi connectivity index (χ4n) is 2.90. The van der Waals surface area contributed by atoms with Gasteiger partial charge in [-0.05, 0) is 30.3 Å². The van der Waals surface area contributed by atoms with Gasteiger partial charge in [-0.25, -0.2) is 4.68 Å². The molecule has 7 nitrogen and oxygen atoms in total. The van der Waals surface area contributed by atoms with E-state index in [2.05, 4.69) is 15.4 Å². The number of hydrogen-bond donors (Lipinski definition) is 2. The summed E-state index contributed by atoms with van der Waals surface area (Å²) in [5, 5.41) is 17.7. The monoisotopic (exact) mass is 379 g/mol. The zero-order chi connectivity index (χ0) is 19.9. The third kappa shape index (κ3) is 4.62. The van der Waals surface area contributed by atoms with Crippen LogP contribution in [-0.2, 0) is 13.1 Å². The SMILES string of the molecule is CN=C(NCc1cc(OC)ccc1O)N(C)Cc1cnn(-c2ccccc2)c1. The molecule has 0 radical (unpaired) electrons. The van der Waals surface area contributed by atoms with Crippen molar-refractivity contribution in [1.29, 1.82) is 0 Å². The molecule has 0 bridgehead atoms. The zero-order valence-corrected chi connectivity index (χ0v) is 16.3. The molecule has 1 heterocycles. The summed E-state index contributed by atoms with van der Waals surface area (Å²) >= 11 is 0. The van der Waals surface area contributed by atoms with Gasteiger partial charge in [0.15, 0.2) is 5.96 Å². The number of hydrogen-bond acceptors (Lipinski definition) is 4. The summed E-state index contributed by atoms with van der Waals surface area (Å²) in [6, 6.07) is 15.1. The zero-order valence-electron chi connectivity index (χ0n) is 16.3. The Kier molecular flexibility index (Phi) is 6.16. The first kappa shape index (κ1) is 19.3. The number of nitrogens with zero attached hydrogens (tertiary/aromatic N) is 4. The number of rotatable bonds is 6. The normalized spacial score (nSPS) is 11.3. The predicted octanol–water partition coefficient (Wildman–Crippen LogP) is 2.79. The van der Waals surface area contributed by atoms with E-state index < -0.39 is 0 Å². The van der Waals surface area contributed by atoms with Crippen molar-refractivity contribution in [2.45, 2.75) is 13.1 Å². The second-order valence-electron chi connectivity index (χ2n) is 6.38. The summed E-state index contributed by atoms with van der Waals surface area (Å²) < 4.78 is 7.07. The van der Waals surface area contributed by atoms with Gasteiger partial charge in [-0.1, -0.05) is 18.2 Å². The van der Waals surface area contributed by atoms with E-state index in [0.29, 0.717) is 18.8 Å². The third-order valence-electron chi connectivity index (χ3n) is 4.37. The molecule has 1 aromatic heterocycles. The van der Waals surface area contributed by atoms with E-state index >= 15 is 0 Å². The smallest absolute Gasteiger partial charge is 0.193 e. The minimum atomic E-state index is 0.218. The fraction of sp³-hybridized carbons (Fsp3) is 0.238. The van der Waals surface area contributed by atoms with Gasteiger partial charge >= 0.3 is 0 Å². The number of para-hydroxylation sites is 1. The molecule has 0 amide bonds. The van der Waals surface area contributed by atoms with Gasteiger partial charge in [0.05, 0.1) is 19.0 Å². The van der Waals surface area contributed by atoms with Crippen molar-refractivity contribution in [2.75, 3.05) is 21.2 Å². The highest BCUT2D eigenvalue weighted by Crippen LogP contribution is 2.22. The van der Waals surface area contributed by atoms with Crippen LogP contribution in [0.25, 0.3) is 5.69 Å². The highest BCUT2D eigenvalue weighted by Gasteiger charge is 2.10. The number of guanidine groups is 1. The van der Waals surface area contributed by atoms with E-state index in [1.807, 2.05) is 59.4 Å². The predicted molar refractivity (Wildman–Crippen MR) is 110 cm³/mol. The van der Waals surface area contributed by atoms with Crippen LogP contribution >= 0.6 is 0 Å². The Morgan fingerprint density at radius 3 is 2.75 bits per heavy atom. The van der Waals surface area contributed by atoms with Gasteiger partial charge in [0.2, 0.25) is 0 Å². The van der Waals surface area contributed by atoms with Crippen LogP contribution in [0, 0.1) is 0 Å². The maximum Gasteiger partial charge on any atom is 0.193 e. The second-order valence-corrected chi connectivity index (χ2v) is 6.38. The van der Waals surface area contributed by atoms with Crippen LogP contribution in [0.5, 0.6) is 11.5 Å². The molecule has 7 heteroatoms. The average Bonchev–Trinajstić information content (AvgIpc) is 3.19. The van der Waals surface area contributed by atoms with E-state index in [9.17, 15) is 5.11 Å². The molecular weight excluding hydrogens is 354 g/mol. The molecule has 3 aromatic rings. The van der Waals surface area contributed by atoms with Crippen LogP contribution in [0.1, 0.15) is 11.1 Å². The lowest BCUT2D eigenvalue weighted by molar-refractivity contribution is 0.410. The Balaban J connectivity index is 1.63. The van der Waals surface area contributed by atoms with Gasteiger partial charge in [0, 0.05) is 44.5 Å². The van der Waals surface area contributed by atoms with Crippen LogP contribution in [0.3, 0.4) is 0 Å². The molecule has 0 saturated carbocycles. The second kappa shape index (κ2) is 8.94. The minimum absolute atomic E-state index is 0.218. The third-order valence-corrected chi connectivity index (χ3v) is 4.37. The molecule has 0 aliphatic carbocycles. The van der Waals surface area contributed by atoms with E-state index in [-0.39, 0.29) is 5.75 Å². The van der Waals surface area contributed by atoms with E-state index in [0.717, 1.165) is 22.8 Å². The lowest BCUT2D eigenvalue weighted by Gasteiger charge is -2.21. The lowest BCUT2D eigenvalue weighted by atomic mass is 10.2. The molecule has 0 spiro atoms. The van der Waals surface area contributed by atoms with Crippen molar-refractivity contribution in [3.63, 3.8) is 0 Å². The molecule has 2 N–H and O–H groups in total. The highest BCUT2D eigenvalue weighted by molar-refractivity contribution is 5.79. The van der Waals surface area contributed by atoms with Gasteiger partial charge in [0.1, 0.15) is 11.5 Å². The Bertz CT molecular complexity index is 937. The van der Waals surface area contributed by atoms with Crippen LogP contribution in [0.2, 0.25) is 0 Å². The van der Waals surface area contributed by atoms with Crippen molar-refractivity contribution in [3.8, 4) is 17.2 Å². The molecule has 28 heavy (non-hydrogen) atoms. The lowest BCUT2D eigenvalue weighted by Crippen LogP contribution is -2.38. The van der Waals surface area contributed by atoms with Gasteiger partial charge in [-0.2, -0.15) is 5.10 Å². The van der Waals surface area contributed by atoms with Crippen LogP contribution in [-0.4, -0.2) is 47.0 Å². The standard InChI is InChI=1S/C21H25N5O2/c1-22-21(23-13-17-11-19(28-3)9-10-20(17)27)25(2)14-16-12-24-26(15-16)18-7-5-4-6-8-18/h4-12,15,27H,13-14H2,1-3H3,(H,22,23). The molecule has 2 aromatic carbocycles. The number of aliphatic imine (C=N–C) groups is 1. The topological polar surface area (TPSA) is 74.9 Å². The number of aromatic nitrogens is 2. The molecule has 146 valence electrons. The van der Waals surface area contributed by atoms with Crippen molar-refractivity contribution >= 4 is 5.96 Å². The summed E-state index contributed by atoms with van der Waals surface area (Å²) in [4.78, 5) is 6.33. The van der Waals surface area contributed by atoms with Crippen molar-refractivity contribution in [2.24, 2.45) is 4.99 Å². The number of aromatic hydroxyl groups is 1. The molecule has 0 unspecified atom stereocenters. The highest BCUT2D eigenvalue weighted by atomic mass is 16.5. The molecule has 0 fully saturated rings. The molecular formula is C21H25N5O2. The summed E-state index contributed by atoms with van der Waals surface area (Å²) in [5.41, 5.74) is 2.83. The summed E-state index contributed by atoms with van der Waals surface area (Å²) in [7, 11) is 5.30. The van der Waals surface area contributed by atoms with E-state index in [4.69, 9.17) is 4.74 Å². The number of ether oxygens (including phenoxy) is 1. The van der Waals surface area contributed by atoms with Gasteiger partial charge in [0.25, 0.3) is 0 Å². The maximum atomic E-state index is 10.0. The number of nitrogens with one attached hydrogen (secondary N) is 1. The quantitative estimate of drug-likeness (QED) is 0.509. The Morgan fingerprint density at radius 2 is 2.04 bits per heavy atom. The molecule has 0 saturated heterocycles. The van der Waals surface area contributed by atoms with Crippen LogP contribution in [0.15, 0.2) is 65.9 Å². The largest absolute Gasteiger partial charge is 0.508 e. The van der Waals surface area contributed by atoms with Gasteiger partial charge in [-0.15, -0.1) is 0 Å².